The average Bonchev–Trinajstić information content (AvgIpc) is 2.50. The molecule has 0 fully saturated rings. The fourth-order valence-corrected chi connectivity index (χ4v) is 1.48. The van der Waals surface area contributed by atoms with Crippen LogP contribution in [0.1, 0.15) is 13.3 Å². The number of carbonyl (C=O) groups excluding carboxylic acids is 2. The minimum atomic E-state index is -0.679. The van der Waals surface area contributed by atoms with Crippen LogP contribution in [0.4, 0.5) is 10.5 Å². The van der Waals surface area contributed by atoms with Gasteiger partial charge in [-0.1, -0.05) is 6.92 Å². The number of benzene rings is 1. The molecule has 0 aromatic heterocycles. The van der Waals surface area contributed by atoms with Gasteiger partial charge in [0.05, 0.1) is 18.1 Å². The van der Waals surface area contributed by atoms with Crippen LogP contribution in [0.2, 0.25) is 0 Å². The largest absolute Gasteiger partial charge is 0.493 e. The Bertz CT molecular complexity index is 561. The van der Waals surface area contributed by atoms with Crippen LogP contribution in [-0.2, 0) is 4.79 Å². The summed E-state index contributed by atoms with van der Waals surface area (Å²) in [6, 6.07) is 3.13. The molecule has 0 aliphatic carbocycles. The van der Waals surface area contributed by atoms with Gasteiger partial charge in [-0.3, -0.25) is 20.2 Å². The predicted octanol–water partition coefficient (Wildman–Crippen LogP) is 1.22. The van der Waals surface area contributed by atoms with Crippen molar-refractivity contribution in [2.75, 3.05) is 20.3 Å². The predicted molar refractivity (Wildman–Crippen MR) is 77.0 cm³/mol. The molecule has 0 unspecified atom stereocenters. The number of methoxy groups -OCH3 is 1. The molecule has 1 rings (SSSR count). The van der Waals surface area contributed by atoms with E-state index in [1.165, 1.54) is 19.2 Å². The monoisotopic (exact) mass is 311 g/mol. The number of nitro benzene ring substituents is 1. The molecular weight excluding hydrogens is 294 g/mol. The molecule has 3 amide bonds. The third-order valence-corrected chi connectivity index (χ3v) is 2.51. The summed E-state index contributed by atoms with van der Waals surface area (Å²) >= 11 is 0. The molecule has 0 aliphatic heterocycles. The minimum Gasteiger partial charge on any atom is -0.493 e. The third-order valence-electron chi connectivity index (χ3n) is 2.51. The number of hydrogen-bond acceptors (Lipinski definition) is 6. The fraction of sp³-hybridized carbons (Fsp3) is 0.385. The van der Waals surface area contributed by atoms with Crippen LogP contribution in [-0.4, -0.2) is 37.1 Å². The van der Waals surface area contributed by atoms with Gasteiger partial charge >= 0.3 is 6.03 Å². The Labute approximate surface area is 126 Å². The number of non-ortho nitro benzene ring substituents is 1. The summed E-state index contributed by atoms with van der Waals surface area (Å²) in [7, 11) is 1.37. The van der Waals surface area contributed by atoms with Gasteiger partial charge in [0.2, 0.25) is 0 Å². The van der Waals surface area contributed by atoms with E-state index >= 15 is 0 Å². The van der Waals surface area contributed by atoms with Crippen molar-refractivity contribution in [3.63, 3.8) is 0 Å². The molecule has 2 N–H and O–H groups in total. The zero-order chi connectivity index (χ0) is 16.5. The maximum absolute atomic E-state index is 11.5. The van der Waals surface area contributed by atoms with Gasteiger partial charge in [-0.15, -0.1) is 0 Å². The molecule has 1 aromatic rings. The maximum atomic E-state index is 11.5. The average molecular weight is 311 g/mol. The Morgan fingerprint density at radius 2 is 2.05 bits per heavy atom. The Morgan fingerprint density at radius 1 is 1.32 bits per heavy atom. The molecule has 0 saturated carbocycles. The number of hydrogen-bond donors (Lipinski definition) is 2. The summed E-state index contributed by atoms with van der Waals surface area (Å²) in [4.78, 5) is 32.9. The number of carbonyl (C=O) groups is 2. The molecule has 0 heterocycles. The van der Waals surface area contributed by atoms with E-state index in [1.54, 1.807) is 0 Å². The van der Waals surface area contributed by atoms with E-state index in [0.29, 0.717) is 6.54 Å². The van der Waals surface area contributed by atoms with E-state index in [9.17, 15) is 19.7 Å². The first kappa shape index (κ1) is 17.2. The van der Waals surface area contributed by atoms with Crippen molar-refractivity contribution in [1.82, 2.24) is 10.6 Å². The second kappa shape index (κ2) is 8.45. The molecule has 0 saturated heterocycles. The van der Waals surface area contributed by atoms with E-state index in [1.807, 2.05) is 6.92 Å². The highest BCUT2D eigenvalue weighted by atomic mass is 16.6. The number of nitrogens with zero attached hydrogens (tertiary/aromatic N) is 1. The molecule has 0 bridgehead atoms. The van der Waals surface area contributed by atoms with Crippen LogP contribution >= 0.6 is 0 Å². The van der Waals surface area contributed by atoms with Crippen molar-refractivity contribution in [1.29, 1.82) is 0 Å². The summed E-state index contributed by atoms with van der Waals surface area (Å²) < 4.78 is 10.2. The van der Waals surface area contributed by atoms with Crippen LogP contribution in [0.15, 0.2) is 18.2 Å². The highest BCUT2D eigenvalue weighted by Gasteiger charge is 2.14. The minimum absolute atomic E-state index is 0.0424. The van der Waals surface area contributed by atoms with Crippen molar-refractivity contribution in [3.8, 4) is 11.5 Å². The first-order valence-electron chi connectivity index (χ1n) is 6.50. The summed E-state index contributed by atoms with van der Waals surface area (Å²) in [6.07, 6.45) is 0.739. The summed E-state index contributed by atoms with van der Waals surface area (Å²) in [5.41, 5.74) is -0.197. The molecular formula is C13H17N3O6. The number of imide groups is 1. The Kier molecular flexibility index (Phi) is 6.61. The number of nitrogens with one attached hydrogen (secondary N) is 2. The third kappa shape index (κ3) is 5.27. The zero-order valence-electron chi connectivity index (χ0n) is 12.3. The lowest BCUT2D eigenvalue weighted by atomic mass is 10.3. The van der Waals surface area contributed by atoms with E-state index in [-0.39, 0.29) is 17.2 Å². The molecule has 1 aromatic carbocycles. The number of amides is 3. The van der Waals surface area contributed by atoms with Crippen molar-refractivity contribution >= 4 is 17.6 Å². The molecule has 0 aliphatic rings. The van der Waals surface area contributed by atoms with E-state index in [2.05, 4.69) is 10.6 Å². The van der Waals surface area contributed by atoms with Crippen molar-refractivity contribution < 1.29 is 24.0 Å². The second-order valence-corrected chi connectivity index (χ2v) is 4.19. The van der Waals surface area contributed by atoms with Gasteiger partial charge in [0, 0.05) is 12.6 Å². The molecule has 0 atom stereocenters. The lowest BCUT2D eigenvalue weighted by Crippen LogP contribution is -2.41. The standard InChI is InChI=1S/C13H17N3O6/c1-3-6-14-13(18)15-12(17)8-22-11-7-9(16(19)20)4-5-10(11)21-2/h4-5,7H,3,6,8H2,1-2H3,(H2,14,15,17,18). The summed E-state index contributed by atoms with van der Waals surface area (Å²) in [5.74, 6) is -0.392. The molecule has 9 heteroatoms. The van der Waals surface area contributed by atoms with Crippen molar-refractivity contribution in [2.45, 2.75) is 13.3 Å². The van der Waals surface area contributed by atoms with Gasteiger partial charge in [-0.05, 0) is 12.5 Å². The first-order valence-corrected chi connectivity index (χ1v) is 6.50. The SMILES string of the molecule is CCCNC(=O)NC(=O)COc1cc([N+](=O)[O-])ccc1OC. The normalized spacial score (nSPS) is 9.73. The lowest BCUT2D eigenvalue weighted by molar-refractivity contribution is -0.385. The number of nitro groups is 1. The Morgan fingerprint density at radius 3 is 2.64 bits per heavy atom. The van der Waals surface area contributed by atoms with Gasteiger partial charge in [-0.25, -0.2) is 4.79 Å². The van der Waals surface area contributed by atoms with E-state index < -0.39 is 23.5 Å². The van der Waals surface area contributed by atoms with Crippen molar-refractivity contribution in [2.24, 2.45) is 0 Å². The van der Waals surface area contributed by atoms with Crippen LogP contribution in [0, 0.1) is 10.1 Å². The Hall–Kier alpha value is -2.84. The summed E-state index contributed by atoms with van der Waals surface area (Å²) in [6.45, 7) is 1.84. The first-order chi connectivity index (χ1) is 10.5. The molecule has 9 nitrogen and oxygen atoms in total. The zero-order valence-corrected chi connectivity index (χ0v) is 12.3. The van der Waals surface area contributed by atoms with Gasteiger partial charge < -0.3 is 14.8 Å². The van der Waals surface area contributed by atoms with Gasteiger partial charge in [0.1, 0.15) is 0 Å². The Balaban J connectivity index is 2.63. The fourth-order valence-electron chi connectivity index (χ4n) is 1.48. The highest BCUT2D eigenvalue weighted by Crippen LogP contribution is 2.30. The number of rotatable bonds is 7. The molecule has 22 heavy (non-hydrogen) atoms. The van der Waals surface area contributed by atoms with Crippen LogP contribution in [0.5, 0.6) is 11.5 Å². The molecule has 0 spiro atoms. The topological polar surface area (TPSA) is 120 Å². The van der Waals surface area contributed by atoms with E-state index in [4.69, 9.17) is 9.47 Å². The second-order valence-electron chi connectivity index (χ2n) is 4.19. The van der Waals surface area contributed by atoms with Crippen LogP contribution < -0.4 is 20.1 Å². The maximum Gasteiger partial charge on any atom is 0.321 e. The number of ether oxygens (including phenoxy) is 2. The summed E-state index contributed by atoms with van der Waals surface area (Å²) in [5, 5.41) is 15.3. The number of urea groups is 1. The highest BCUT2D eigenvalue weighted by molar-refractivity contribution is 5.95. The van der Waals surface area contributed by atoms with Gasteiger partial charge in [0.15, 0.2) is 18.1 Å². The van der Waals surface area contributed by atoms with Crippen LogP contribution in [0.25, 0.3) is 0 Å². The quantitative estimate of drug-likeness (QED) is 0.577. The van der Waals surface area contributed by atoms with E-state index in [0.717, 1.165) is 12.5 Å². The molecule has 120 valence electrons. The van der Waals surface area contributed by atoms with Gasteiger partial charge in [0.25, 0.3) is 11.6 Å². The molecule has 0 radical (unpaired) electrons. The van der Waals surface area contributed by atoms with Crippen LogP contribution in [0.3, 0.4) is 0 Å². The van der Waals surface area contributed by atoms with Crippen molar-refractivity contribution in [3.05, 3.63) is 28.3 Å². The smallest absolute Gasteiger partial charge is 0.321 e. The lowest BCUT2D eigenvalue weighted by Gasteiger charge is -2.10. The van der Waals surface area contributed by atoms with Gasteiger partial charge in [-0.2, -0.15) is 0 Å².